The third kappa shape index (κ3) is 3.28. The van der Waals surface area contributed by atoms with Crippen LogP contribution in [0.1, 0.15) is 17.0 Å². The molecule has 0 aliphatic rings. The second kappa shape index (κ2) is 6.40. The highest BCUT2D eigenvalue weighted by Gasteiger charge is 2.17. The standard InChI is InChI=1S/C16H13ClFNO/c1-20-16-7-6-14(18)9-15(16)12(10-19)8-11-2-4-13(17)5-3-11/h2-7,9,12H,8H2,1H3. The highest BCUT2D eigenvalue weighted by Crippen LogP contribution is 2.30. The summed E-state index contributed by atoms with van der Waals surface area (Å²) in [5, 5.41) is 10.00. The van der Waals surface area contributed by atoms with Gasteiger partial charge < -0.3 is 4.74 Å². The molecule has 2 aromatic carbocycles. The first-order valence-corrected chi connectivity index (χ1v) is 6.49. The molecule has 1 atom stereocenters. The quantitative estimate of drug-likeness (QED) is 0.839. The lowest BCUT2D eigenvalue weighted by Gasteiger charge is -2.14. The Morgan fingerprint density at radius 3 is 2.55 bits per heavy atom. The third-order valence-electron chi connectivity index (χ3n) is 3.08. The van der Waals surface area contributed by atoms with Gasteiger partial charge in [0.1, 0.15) is 11.6 Å². The van der Waals surface area contributed by atoms with E-state index >= 15 is 0 Å². The van der Waals surface area contributed by atoms with Crippen LogP contribution in [0.5, 0.6) is 5.75 Å². The minimum absolute atomic E-state index is 0.378. The van der Waals surface area contributed by atoms with E-state index in [4.69, 9.17) is 16.3 Å². The van der Waals surface area contributed by atoms with Gasteiger partial charge >= 0.3 is 0 Å². The Balaban J connectivity index is 2.31. The molecule has 1 unspecified atom stereocenters. The molecular formula is C16H13ClFNO. The second-order valence-electron chi connectivity index (χ2n) is 4.40. The first-order valence-electron chi connectivity index (χ1n) is 6.11. The summed E-state index contributed by atoms with van der Waals surface area (Å²) in [5.74, 6) is -0.328. The summed E-state index contributed by atoms with van der Waals surface area (Å²) in [7, 11) is 1.51. The third-order valence-corrected chi connectivity index (χ3v) is 3.33. The Hall–Kier alpha value is -2.05. The van der Waals surface area contributed by atoms with Crippen molar-refractivity contribution < 1.29 is 9.13 Å². The highest BCUT2D eigenvalue weighted by molar-refractivity contribution is 6.30. The van der Waals surface area contributed by atoms with Crippen molar-refractivity contribution in [3.05, 3.63) is 64.4 Å². The molecule has 0 aliphatic heterocycles. The van der Waals surface area contributed by atoms with Crippen molar-refractivity contribution >= 4 is 11.6 Å². The molecule has 0 radical (unpaired) electrons. The normalized spacial score (nSPS) is 11.7. The molecule has 20 heavy (non-hydrogen) atoms. The van der Waals surface area contributed by atoms with Gasteiger partial charge in [-0.05, 0) is 42.3 Å². The largest absolute Gasteiger partial charge is 0.496 e. The van der Waals surface area contributed by atoms with Gasteiger partial charge in [0, 0.05) is 10.6 Å². The van der Waals surface area contributed by atoms with E-state index in [0.29, 0.717) is 22.8 Å². The molecule has 0 aliphatic carbocycles. The van der Waals surface area contributed by atoms with Crippen LogP contribution in [0.4, 0.5) is 4.39 Å². The van der Waals surface area contributed by atoms with E-state index in [-0.39, 0.29) is 5.82 Å². The van der Waals surface area contributed by atoms with Crippen molar-refractivity contribution in [2.45, 2.75) is 12.3 Å². The molecule has 2 aromatic rings. The van der Waals surface area contributed by atoms with Crippen LogP contribution < -0.4 is 4.74 Å². The Morgan fingerprint density at radius 1 is 1.25 bits per heavy atom. The van der Waals surface area contributed by atoms with E-state index in [9.17, 15) is 9.65 Å². The van der Waals surface area contributed by atoms with Crippen molar-refractivity contribution in [1.82, 2.24) is 0 Å². The molecule has 0 N–H and O–H groups in total. The van der Waals surface area contributed by atoms with Gasteiger partial charge in [-0.3, -0.25) is 0 Å². The molecule has 0 spiro atoms. The molecule has 0 amide bonds. The average molecular weight is 290 g/mol. The van der Waals surface area contributed by atoms with E-state index in [1.54, 1.807) is 12.1 Å². The molecule has 0 bridgehead atoms. The first kappa shape index (κ1) is 14.4. The Labute approximate surface area is 122 Å². The summed E-state index contributed by atoms with van der Waals surface area (Å²) < 4.78 is 18.6. The topological polar surface area (TPSA) is 33.0 Å². The smallest absolute Gasteiger partial charge is 0.123 e. The van der Waals surface area contributed by atoms with Gasteiger partial charge in [0.2, 0.25) is 0 Å². The average Bonchev–Trinajstić information content (AvgIpc) is 2.46. The van der Waals surface area contributed by atoms with Crippen molar-refractivity contribution in [2.75, 3.05) is 7.11 Å². The highest BCUT2D eigenvalue weighted by atomic mass is 35.5. The van der Waals surface area contributed by atoms with Gasteiger partial charge in [0.15, 0.2) is 0 Å². The molecule has 0 heterocycles. The number of nitriles is 1. The Kier molecular flexibility index (Phi) is 4.60. The minimum atomic E-state index is -0.471. The van der Waals surface area contributed by atoms with Crippen LogP contribution in [0.2, 0.25) is 5.02 Å². The zero-order valence-electron chi connectivity index (χ0n) is 10.9. The zero-order chi connectivity index (χ0) is 14.5. The number of halogens is 2. The molecular weight excluding hydrogens is 277 g/mol. The van der Waals surface area contributed by atoms with Gasteiger partial charge in [-0.2, -0.15) is 5.26 Å². The Morgan fingerprint density at radius 2 is 1.95 bits per heavy atom. The second-order valence-corrected chi connectivity index (χ2v) is 4.83. The maximum absolute atomic E-state index is 13.4. The van der Waals surface area contributed by atoms with Gasteiger partial charge in [-0.1, -0.05) is 23.7 Å². The number of hydrogen-bond acceptors (Lipinski definition) is 2. The van der Waals surface area contributed by atoms with E-state index < -0.39 is 5.92 Å². The molecule has 0 aromatic heterocycles. The lowest BCUT2D eigenvalue weighted by Crippen LogP contribution is -2.03. The summed E-state index contributed by atoms with van der Waals surface area (Å²) >= 11 is 5.83. The first-order chi connectivity index (χ1) is 9.63. The van der Waals surface area contributed by atoms with Crippen molar-refractivity contribution in [1.29, 1.82) is 5.26 Å². The van der Waals surface area contributed by atoms with E-state index in [0.717, 1.165) is 5.56 Å². The van der Waals surface area contributed by atoms with Crippen LogP contribution in [-0.4, -0.2) is 7.11 Å². The van der Waals surface area contributed by atoms with Crippen LogP contribution in [0.15, 0.2) is 42.5 Å². The fourth-order valence-corrected chi connectivity index (χ4v) is 2.18. The maximum atomic E-state index is 13.4. The monoisotopic (exact) mass is 289 g/mol. The molecule has 2 rings (SSSR count). The number of benzene rings is 2. The van der Waals surface area contributed by atoms with E-state index in [1.165, 1.54) is 25.3 Å². The minimum Gasteiger partial charge on any atom is -0.496 e. The molecule has 0 saturated carbocycles. The maximum Gasteiger partial charge on any atom is 0.123 e. The molecule has 0 fully saturated rings. The SMILES string of the molecule is COc1ccc(F)cc1C(C#N)Cc1ccc(Cl)cc1. The lowest BCUT2D eigenvalue weighted by molar-refractivity contribution is 0.406. The fourth-order valence-electron chi connectivity index (χ4n) is 2.06. The number of methoxy groups -OCH3 is 1. The summed E-state index contributed by atoms with van der Waals surface area (Å²) in [6, 6.07) is 13.7. The molecule has 102 valence electrons. The van der Waals surface area contributed by atoms with Crippen LogP contribution in [0.3, 0.4) is 0 Å². The summed E-state index contributed by atoms with van der Waals surface area (Å²) in [6.07, 6.45) is 0.480. The van der Waals surface area contributed by atoms with Crippen LogP contribution in [0.25, 0.3) is 0 Å². The Bertz CT molecular complexity index is 634. The number of nitrogens with zero attached hydrogens (tertiary/aromatic N) is 1. The van der Waals surface area contributed by atoms with Gasteiger partial charge in [0.05, 0.1) is 19.1 Å². The van der Waals surface area contributed by atoms with Gasteiger partial charge in [-0.25, -0.2) is 4.39 Å². The number of hydrogen-bond donors (Lipinski definition) is 0. The number of rotatable bonds is 4. The van der Waals surface area contributed by atoms with Crippen LogP contribution in [0, 0.1) is 17.1 Å². The van der Waals surface area contributed by atoms with Gasteiger partial charge in [-0.15, -0.1) is 0 Å². The molecule has 0 saturated heterocycles. The summed E-state index contributed by atoms with van der Waals surface area (Å²) in [6.45, 7) is 0. The van der Waals surface area contributed by atoms with Crippen LogP contribution in [-0.2, 0) is 6.42 Å². The number of ether oxygens (including phenoxy) is 1. The van der Waals surface area contributed by atoms with Crippen molar-refractivity contribution in [3.63, 3.8) is 0 Å². The molecule has 4 heteroatoms. The predicted molar refractivity (Wildman–Crippen MR) is 76.5 cm³/mol. The van der Waals surface area contributed by atoms with Crippen molar-refractivity contribution in [2.24, 2.45) is 0 Å². The fraction of sp³-hybridized carbons (Fsp3) is 0.188. The van der Waals surface area contributed by atoms with E-state index in [1.807, 2.05) is 12.1 Å². The summed E-state index contributed by atoms with van der Waals surface area (Å²) in [4.78, 5) is 0. The predicted octanol–water partition coefficient (Wildman–Crippen LogP) is 4.34. The zero-order valence-corrected chi connectivity index (χ0v) is 11.7. The van der Waals surface area contributed by atoms with Crippen molar-refractivity contribution in [3.8, 4) is 11.8 Å². The molecule has 2 nitrogen and oxygen atoms in total. The van der Waals surface area contributed by atoms with E-state index in [2.05, 4.69) is 6.07 Å². The van der Waals surface area contributed by atoms with Crippen LogP contribution >= 0.6 is 11.6 Å². The van der Waals surface area contributed by atoms with Gasteiger partial charge in [0.25, 0.3) is 0 Å². The summed E-state index contributed by atoms with van der Waals surface area (Å²) in [5.41, 5.74) is 1.53. The lowest BCUT2D eigenvalue weighted by atomic mass is 9.92.